The van der Waals surface area contributed by atoms with Crippen LogP contribution in [0.15, 0.2) is 36.5 Å². The van der Waals surface area contributed by atoms with Gasteiger partial charge in [0.1, 0.15) is 5.15 Å². The zero-order valence-corrected chi connectivity index (χ0v) is 16.2. The Morgan fingerprint density at radius 1 is 1.26 bits per heavy atom. The average molecular weight is 386 g/mol. The van der Waals surface area contributed by atoms with Gasteiger partial charge in [-0.3, -0.25) is 0 Å². The minimum Gasteiger partial charge on any atom is -0.393 e. The SMILES string of the molecule is C[C@@H](O)CCNc1cc(Cl)ncc1C#Cc1ccc(N2CCOCC2)cc1. The first-order chi connectivity index (χ1) is 13.1. The average Bonchev–Trinajstić information content (AvgIpc) is 2.68. The minimum absolute atomic E-state index is 0.352. The van der Waals surface area contributed by atoms with Crippen LogP contribution >= 0.6 is 11.6 Å². The molecule has 1 fully saturated rings. The molecule has 1 aliphatic heterocycles. The number of rotatable bonds is 5. The van der Waals surface area contributed by atoms with E-state index in [2.05, 4.69) is 39.2 Å². The van der Waals surface area contributed by atoms with Gasteiger partial charge >= 0.3 is 0 Å². The summed E-state index contributed by atoms with van der Waals surface area (Å²) in [6.07, 6.45) is 1.96. The molecule has 0 aliphatic carbocycles. The maximum atomic E-state index is 9.41. The first-order valence-corrected chi connectivity index (χ1v) is 9.52. The maximum Gasteiger partial charge on any atom is 0.131 e. The molecule has 0 spiro atoms. The van der Waals surface area contributed by atoms with Crippen LogP contribution in [-0.2, 0) is 4.74 Å². The van der Waals surface area contributed by atoms with Crippen LogP contribution in [0.2, 0.25) is 5.15 Å². The Kier molecular flexibility index (Phi) is 6.94. The van der Waals surface area contributed by atoms with E-state index in [0.717, 1.165) is 43.1 Å². The van der Waals surface area contributed by atoms with E-state index in [9.17, 15) is 5.11 Å². The van der Waals surface area contributed by atoms with Crippen LogP contribution in [-0.4, -0.2) is 49.0 Å². The van der Waals surface area contributed by atoms with Gasteiger partial charge < -0.3 is 20.1 Å². The van der Waals surface area contributed by atoms with E-state index in [1.54, 1.807) is 19.2 Å². The number of nitrogens with one attached hydrogen (secondary N) is 1. The van der Waals surface area contributed by atoms with Crippen LogP contribution in [0.5, 0.6) is 0 Å². The smallest absolute Gasteiger partial charge is 0.131 e. The molecule has 0 unspecified atom stereocenters. The van der Waals surface area contributed by atoms with Crippen molar-refractivity contribution < 1.29 is 9.84 Å². The second-order valence-electron chi connectivity index (χ2n) is 6.51. The van der Waals surface area contributed by atoms with Crippen LogP contribution in [0.25, 0.3) is 0 Å². The highest BCUT2D eigenvalue weighted by Gasteiger charge is 2.10. The summed E-state index contributed by atoms with van der Waals surface area (Å²) in [5.41, 5.74) is 3.74. The number of morpholine rings is 1. The first kappa shape index (κ1) is 19.5. The van der Waals surface area contributed by atoms with Crippen molar-refractivity contribution in [3.8, 4) is 11.8 Å². The van der Waals surface area contributed by atoms with Crippen LogP contribution < -0.4 is 10.2 Å². The Labute approximate surface area is 165 Å². The van der Waals surface area contributed by atoms with E-state index in [1.807, 2.05) is 12.1 Å². The molecule has 1 atom stereocenters. The minimum atomic E-state index is -0.352. The maximum absolute atomic E-state index is 9.41. The number of ether oxygens (including phenoxy) is 1. The molecule has 1 aliphatic rings. The lowest BCUT2D eigenvalue weighted by Crippen LogP contribution is -2.36. The van der Waals surface area contributed by atoms with Crippen molar-refractivity contribution in [2.75, 3.05) is 43.1 Å². The number of hydrogen-bond acceptors (Lipinski definition) is 5. The van der Waals surface area contributed by atoms with Gasteiger partial charge in [0.2, 0.25) is 0 Å². The Hall–Kier alpha value is -2.26. The summed E-state index contributed by atoms with van der Waals surface area (Å²) >= 11 is 6.00. The molecule has 0 saturated carbocycles. The number of hydrogen-bond donors (Lipinski definition) is 2. The van der Waals surface area contributed by atoms with E-state index in [1.165, 1.54) is 5.69 Å². The van der Waals surface area contributed by atoms with Crippen LogP contribution in [0, 0.1) is 11.8 Å². The predicted octanol–water partition coefficient (Wildman–Crippen LogP) is 3.15. The molecule has 0 amide bonds. The lowest BCUT2D eigenvalue weighted by molar-refractivity contribution is 0.122. The molecule has 2 aromatic rings. The van der Waals surface area contributed by atoms with Gasteiger partial charge in [0.15, 0.2) is 0 Å². The lowest BCUT2D eigenvalue weighted by Gasteiger charge is -2.28. The van der Waals surface area contributed by atoms with Crippen molar-refractivity contribution in [1.82, 2.24) is 4.98 Å². The third-order valence-electron chi connectivity index (χ3n) is 4.33. The number of anilines is 2. The van der Waals surface area contributed by atoms with Gasteiger partial charge in [0.05, 0.1) is 30.6 Å². The fourth-order valence-electron chi connectivity index (χ4n) is 2.81. The summed E-state index contributed by atoms with van der Waals surface area (Å²) in [6, 6.07) is 10.0. The largest absolute Gasteiger partial charge is 0.393 e. The van der Waals surface area contributed by atoms with Crippen molar-refractivity contribution in [2.24, 2.45) is 0 Å². The Balaban J connectivity index is 1.71. The van der Waals surface area contributed by atoms with Gasteiger partial charge in [0.25, 0.3) is 0 Å². The fourth-order valence-corrected chi connectivity index (χ4v) is 2.97. The highest BCUT2D eigenvalue weighted by Crippen LogP contribution is 2.19. The molecule has 6 heteroatoms. The standard InChI is InChI=1S/C21H24ClN3O2/c1-16(26)8-9-23-20-14-21(22)24-15-18(20)5-2-17-3-6-19(7-4-17)25-10-12-27-13-11-25/h3-4,6-7,14-16,26H,8-13H2,1H3,(H,23,24)/t16-/m1/s1. The molecule has 1 aromatic heterocycles. The molecule has 0 bridgehead atoms. The van der Waals surface area contributed by atoms with Gasteiger partial charge in [-0.1, -0.05) is 23.4 Å². The quantitative estimate of drug-likeness (QED) is 0.611. The fraction of sp³-hybridized carbons (Fsp3) is 0.381. The van der Waals surface area contributed by atoms with E-state index < -0.39 is 0 Å². The summed E-state index contributed by atoms with van der Waals surface area (Å²) in [4.78, 5) is 6.44. The number of nitrogens with zero attached hydrogens (tertiary/aromatic N) is 2. The van der Waals surface area contributed by atoms with Crippen molar-refractivity contribution in [1.29, 1.82) is 0 Å². The van der Waals surface area contributed by atoms with Gasteiger partial charge in [-0.05, 0) is 43.7 Å². The van der Waals surface area contributed by atoms with Gasteiger partial charge in [0, 0.05) is 37.1 Å². The third-order valence-corrected chi connectivity index (χ3v) is 4.54. The summed E-state index contributed by atoms with van der Waals surface area (Å²) in [6.45, 7) is 5.79. The number of aliphatic hydroxyl groups excluding tert-OH is 1. The van der Waals surface area contributed by atoms with E-state index in [4.69, 9.17) is 16.3 Å². The van der Waals surface area contributed by atoms with E-state index in [-0.39, 0.29) is 6.10 Å². The van der Waals surface area contributed by atoms with E-state index in [0.29, 0.717) is 18.1 Å². The van der Waals surface area contributed by atoms with Crippen LogP contribution in [0.3, 0.4) is 0 Å². The van der Waals surface area contributed by atoms with Crippen LogP contribution in [0.4, 0.5) is 11.4 Å². The zero-order valence-electron chi connectivity index (χ0n) is 15.4. The summed E-state index contributed by atoms with van der Waals surface area (Å²) in [5, 5.41) is 13.1. The number of aromatic nitrogens is 1. The molecule has 2 N–H and O–H groups in total. The predicted molar refractivity (Wildman–Crippen MR) is 109 cm³/mol. The highest BCUT2D eigenvalue weighted by atomic mass is 35.5. The summed E-state index contributed by atoms with van der Waals surface area (Å²) in [5.74, 6) is 6.35. The second-order valence-corrected chi connectivity index (χ2v) is 6.90. The van der Waals surface area contributed by atoms with E-state index >= 15 is 0 Å². The topological polar surface area (TPSA) is 57.6 Å². The molecule has 3 rings (SSSR count). The van der Waals surface area contributed by atoms with Crippen molar-refractivity contribution >= 4 is 23.0 Å². The van der Waals surface area contributed by atoms with Gasteiger partial charge in [-0.25, -0.2) is 4.98 Å². The van der Waals surface area contributed by atoms with Gasteiger partial charge in [-0.15, -0.1) is 0 Å². The highest BCUT2D eigenvalue weighted by molar-refractivity contribution is 6.29. The van der Waals surface area contributed by atoms with Crippen LogP contribution in [0.1, 0.15) is 24.5 Å². The summed E-state index contributed by atoms with van der Waals surface area (Å²) < 4.78 is 5.39. The molecule has 0 radical (unpaired) electrons. The van der Waals surface area contributed by atoms with Gasteiger partial charge in [-0.2, -0.15) is 0 Å². The first-order valence-electron chi connectivity index (χ1n) is 9.14. The number of halogens is 1. The number of benzene rings is 1. The number of pyridine rings is 1. The molecule has 5 nitrogen and oxygen atoms in total. The molecular weight excluding hydrogens is 362 g/mol. The Bertz CT molecular complexity index is 806. The van der Waals surface area contributed by atoms with Crippen molar-refractivity contribution in [3.05, 3.63) is 52.8 Å². The third kappa shape index (κ3) is 5.86. The Morgan fingerprint density at radius 3 is 2.70 bits per heavy atom. The molecular formula is C21H24ClN3O2. The second kappa shape index (κ2) is 9.61. The normalized spacial score (nSPS) is 15.0. The lowest BCUT2D eigenvalue weighted by atomic mass is 10.1. The molecule has 1 saturated heterocycles. The van der Waals surface area contributed by atoms with Crippen molar-refractivity contribution in [3.63, 3.8) is 0 Å². The molecule has 142 valence electrons. The van der Waals surface area contributed by atoms with Crippen molar-refractivity contribution in [2.45, 2.75) is 19.4 Å². The summed E-state index contributed by atoms with van der Waals surface area (Å²) in [7, 11) is 0. The number of aliphatic hydroxyl groups is 1. The molecule has 2 heterocycles. The monoisotopic (exact) mass is 385 g/mol. The zero-order chi connectivity index (χ0) is 19.1. The molecule has 1 aromatic carbocycles. The Morgan fingerprint density at radius 2 is 2.00 bits per heavy atom. The molecule has 27 heavy (non-hydrogen) atoms.